The molecule has 2 aliphatic carbocycles. The van der Waals surface area contributed by atoms with Crippen LogP contribution in [-0.4, -0.2) is 4.92 Å². The SMILES string of the molecule is O=[N+]([O-])c1ccc2c(c1)C1(CC1)c1ccccc1-2. The van der Waals surface area contributed by atoms with Crippen molar-refractivity contribution in [2.75, 3.05) is 0 Å². The summed E-state index contributed by atoms with van der Waals surface area (Å²) >= 11 is 0. The first-order valence-corrected chi connectivity index (χ1v) is 6.11. The number of hydrogen-bond acceptors (Lipinski definition) is 2. The predicted octanol–water partition coefficient (Wildman–Crippen LogP) is 3.66. The minimum atomic E-state index is -0.306. The smallest absolute Gasteiger partial charge is 0.258 e. The summed E-state index contributed by atoms with van der Waals surface area (Å²) in [5.41, 5.74) is 5.21. The fraction of sp³-hybridized carbons (Fsp3) is 0.200. The van der Waals surface area contributed by atoms with Gasteiger partial charge in [0.2, 0.25) is 0 Å². The Morgan fingerprint density at radius 3 is 2.44 bits per heavy atom. The highest BCUT2D eigenvalue weighted by molar-refractivity contribution is 5.83. The molecule has 3 heteroatoms. The Kier molecular flexibility index (Phi) is 1.63. The first-order chi connectivity index (χ1) is 8.72. The lowest BCUT2D eigenvalue weighted by Crippen LogP contribution is -2.03. The molecule has 0 saturated heterocycles. The van der Waals surface area contributed by atoms with E-state index in [1.807, 2.05) is 12.1 Å². The summed E-state index contributed by atoms with van der Waals surface area (Å²) in [4.78, 5) is 10.6. The van der Waals surface area contributed by atoms with Crippen LogP contribution in [0.2, 0.25) is 0 Å². The van der Waals surface area contributed by atoms with Crippen LogP contribution >= 0.6 is 0 Å². The zero-order valence-electron chi connectivity index (χ0n) is 9.72. The molecule has 0 radical (unpaired) electrons. The molecule has 2 aromatic rings. The van der Waals surface area contributed by atoms with Gasteiger partial charge in [-0.3, -0.25) is 10.1 Å². The van der Waals surface area contributed by atoms with Crippen molar-refractivity contribution in [2.24, 2.45) is 0 Å². The molecule has 1 saturated carbocycles. The van der Waals surface area contributed by atoms with Crippen LogP contribution in [0.25, 0.3) is 11.1 Å². The van der Waals surface area contributed by atoms with E-state index < -0.39 is 0 Å². The second-order valence-corrected chi connectivity index (χ2v) is 5.11. The molecule has 3 nitrogen and oxygen atoms in total. The van der Waals surface area contributed by atoms with E-state index in [-0.39, 0.29) is 16.0 Å². The van der Waals surface area contributed by atoms with Crippen molar-refractivity contribution in [1.29, 1.82) is 0 Å². The second-order valence-electron chi connectivity index (χ2n) is 5.11. The highest BCUT2D eigenvalue weighted by Gasteiger charge is 2.52. The van der Waals surface area contributed by atoms with Crippen LogP contribution in [-0.2, 0) is 5.41 Å². The van der Waals surface area contributed by atoms with Crippen molar-refractivity contribution in [1.82, 2.24) is 0 Å². The maximum Gasteiger partial charge on any atom is 0.269 e. The summed E-state index contributed by atoms with van der Waals surface area (Å²) < 4.78 is 0. The molecule has 88 valence electrons. The van der Waals surface area contributed by atoms with Gasteiger partial charge in [-0.2, -0.15) is 0 Å². The molecule has 0 aliphatic heterocycles. The van der Waals surface area contributed by atoms with Crippen molar-refractivity contribution >= 4 is 5.69 Å². The third-order valence-electron chi connectivity index (χ3n) is 4.21. The number of fused-ring (bicyclic) bond motifs is 5. The summed E-state index contributed by atoms with van der Waals surface area (Å²) in [6.07, 6.45) is 2.22. The molecule has 0 aromatic heterocycles. The Hall–Kier alpha value is -2.16. The van der Waals surface area contributed by atoms with Crippen molar-refractivity contribution in [3.05, 3.63) is 63.7 Å². The molecular formula is C15H11NO2. The lowest BCUT2D eigenvalue weighted by Gasteiger charge is -2.09. The van der Waals surface area contributed by atoms with E-state index in [4.69, 9.17) is 0 Å². The van der Waals surface area contributed by atoms with Crippen LogP contribution in [0.4, 0.5) is 5.69 Å². The lowest BCUT2D eigenvalue weighted by molar-refractivity contribution is -0.384. The quantitative estimate of drug-likeness (QED) is 0.561. The third-order valence-corrected chi connectivity index (χ3v) is 4.21. The number of nitrogens with zero attached hydrogens (tertiary/aromatic N) is 1. The molecule has 0 bridgehead atoms. The number of non-ortho nitro benzene ring substituents is 1. The average Bonchev–Trinajstić information content (AvgIpc) is 3.14. The van der Waals surface area contributed by atoms with Gasteiger partial charge in [0.25, 0.3) is 5.69 Å². The summed E-state index contributed by atoms with van der Waals surface area (Å²) in [7, 11) is 0. The van der Waals surface area contributed by atoms with E-state index in [0.717, 1.165) is 18.4 Å². The molecule has 0 N–H and O–H groups in total. The monoisotopic (exact) mass is 237 g/mol. The zero-order valence-corrected chi connectivity index (χ0v) is 9.72. The fourth-order valence-electron chi connectivity index (χ4n) is 3.22. The van der Waals surface area contributed by atoms with Gasteiger partial charge >= 0.3 is 0 Å². The topological polar surface area (TPSA) is 43.1 Å². The standard InChI is InChI=1S/C15H11NO2/c17-16(18)10-5-6-12-11-3-1-2-4-13(11)15(7-8-15)14(12)9-10/h1-6,9H,7-8H2. The highest BCUT2D eigenvalue weighted by Crippen LogP contribution is 2.62. The molecule has 0 heterocycles. The van der Waals surface area contributed by atoms with Gasteiger partial charge < -0.3 is 0 Å². The van der Waals surface area contributed by atoms with Gasteiger partial charge in [-0.15, -0.1) is 0 Å². The third kappa shape index (κ3) is 1.04. The van der Waals surface area contributed by atoms with Crippen molar-refractivity contribution < 1.29 is 4.92 Å². The minimum Gasteiger partial charge on any atom is -0.258 e. The van der Waals surface area contributed by atoms with Gasteiger partial charge in [0.15, 0.2) is 0 Å². The Morgan fingerprint density at radius 2 is 1.72 bits per heavy atom. The molecule has 2 aromatic carbocycles. The molecule has 2 aliphatic rings. The molecule has 18 heavy (non-hydrogen) atoms. The van der Waals surface area contributed by atoms with Crippen LogP contribution in [0.3, 0.4) is 0 Å². The minimum absolute atomic E-state index is 0.0813. The Morgan fingerprint density at radius 1 is 1.00 bits per heavy atom. The molecule has 4 rings (SSSR count). The van der Waals surface area contributed by atoms with Crippen LogP contribution < -0.4 is 0 Å². The number of nitro benzene ring substituents is 1. The molecule has 0 atom stereocenters. The van der Waals surface area contributed by atoms with Gasteiger partial charge in [0.05, 0.1) is 4.92 Å². The first kappa shape index (κ1) is 9.83. The van der Waals surface area contributed by atoms with Gasteiger partial charge in [-0.25, -0.2) is 0 Å². The highest BCUT2D eigenvalue weighted by atomic mass is 16.6. The Bertz CT molecular complexity index is 687. The number of nitro groups is 1. The van der Waals surface area contributed by atoms with Crippen LogP contribution in [0, 0.1) is 10.1 Å². The van der Waals surface area contributed by atoms with E-state index in [1.54, 1.807) is 12.1 Å². The van der Waals surface area contributed by atoms with E-state index in [9.17, 15) is 10.1 Å². The van der Waals surface area contributed by atoms with Crippen molar-refractivity contribution in [3.63, 3.8) is 0 Å². The predicted molar refractivity (Wildman–Crippen MR) is 68.5 cm³/mol. The summed E-state index contributed by atoms with van der Waals surface area (Å²) in [6.45, 7) is 0. The van der Waals surface area contributed by atoms with E-state index in [1.165, 1.54) is 16.7 Å². The molecule has 0 unspecified atom stereocenters. The maximum atomic E-state index is 10.9. The number of benzene rings is 2. The van der Waals surface area contributed by atoms with Gasteiger partial charge in [-0.05, 0) is 41.2 Å². The van der Waals surface area contributed by atoms with Gasteiger partial charge in [0, 0.05) is 17.5 Å². The number of hydrogen-bond donors (Lipinski definition) is 0. The number of rotatable bonds is 1. The Labute approximate surface area is 104 Å². The van der Waals surface area contributed by atoms with Gasteiger partial charge in [0.1, 0.15) is 0 Å². The van der Waals surface area contributed by atoms with Crippen molar-refractivity contribution in [2.45, 2.75) is 18.3 Å². The van der Waals surface area contributed by atoms with E-state index in [0.29, 0.717) is 0 Å². The normalized spacial score (nSPS) is 17.3. The van der Waals surface area contributed by atoms with Crippen LogP contribution in [0.1, 0.15) is 24.0 Å². The van der Waals surface area contributed by atoms with Gasteiger partial charge in [-0.1, -0.05) is 24.3 Å². The summed E-state index contributed by atoms with van der Waals surface area (Å²) in [5, 5.41) is 10.9. The fourth-order valence-corrected chi connectivity index (χ4v) is 3.22. The molecule has 0 amide bonds. The van der Waals surface area contributed by atoms with Crippen LogP contribution in [0.15, 0.2) is 42.5 Å². The van der Waals surface area contributed by atoms with Crippen molar-refractivity contribution in [3.8, 4) is 11.1 Å². The lowest BCUT2D eigenvalue weighted by atomic mass is 9.93. The molecular weight excluding hydrogens is 226 g/mol. The zero-order chi connectivity index (χ0) is 12.3. The van der Waals surface area contributed by atoms with Crippen LogP contribution in [0.5, 0.6) is 0 Å². The maximum absolute atomic E-state index is 10.9. The van der Waals surface area contributed by atoms with E-state index in [2.05, 4.69) is 18.2 Å². The first-order valence-electron chi connectivity index (χ1n) is 6.11. The molecule has 1 spiro atoms. The summed E-state index contributed by atoms with van der Waals surface area (Å²) in [5.74, 6) is 0. The van der Waals surface area contributed by atoms with E-state index >= 15 is 0 Å². The largest absolute Gasteiger partial charge is 0.269 e. The second kappa shape index (κ2) is 2.99. The molecule has 1 fully saturated rings. The average molecular weight is 237 g/mol. The summed E-state index contributed by atoms with van der Waals surface area (Å²) in [6, 6.07) is 13.6. The Balaban J connectivity index is 2.02.